The second kappa shape index (κ2) is 16.4. The van der Waals surface area contributed by atoms with Crippen LogP contribution in [0, 0.1) is 17.9 Å². The lowest BCUT2D eigenvalue weighted by Gasteiger charge is -2.13. The maximum atomic E-state index is 9.35. The van der Waals surface area contributed by atoms with Crippen molar-refractivity contribution in [2.75, 3.05) is 0 Å². The first-order valence-electron chi connectivity index (χ1n) is 20.2. The largest absolute Gasteiger partial charge is 0.238 e. The minimum Gasteiger partial charge on any atom is -0.238 e. The molecule has 0 aliphatic heterocycles. The molecule has 6 heteroatoms. The Kier molecular flexibility index (Phi) is 9.92. The molecule has 8 aromatic carbocycles. The van der Waals surface area contributed by atoms with E-state index in [4.69, 9.17) is 26.5 Å². The van der Waals surface area contributed by atoms with E-state index in [1.165, 1.54) is 0 Å². The van der Waals surface area contributed by atoms with Crippen molar-refractivity contribution < 1.29 is 0 Å². The molecular weight excluding hydrogens is 757 g/mol. The van der Waals surface area contributed by atoms with Crippen molar-refractivity contribution >= 4 is 16.5 Å². The van der Waals surface area contributed by atoms with Crippen molar-refractivity contribution in [2.24, 2.45) is 0 Å². The van der Waals surface area contributed by atoms with Crippen LogP contribution in [0.5, 0.6) is 0 Å². The summed E-state index contributed by atoms with van der Waals surface area (Å²) in [5.41, 5.74) is 14.7. The number of hydrogen-bond donors (Lipinski definition) is 0. The van der Waals surface area contributed by atoms with E-state index in [9.17, 15) is 5.26 Å². The van der Waals surface area contributed by atoms with Crippen molar-refractivity contribution in [3.05, 3.63) is 223 Å². The summed E-state index contributed by atoms with van der Waals surface area (Å²) in [4.78, 5) is 23.4. The third-order valence-corrected chi connectivity index (χ3v) is 11.0. The van der Waals surface area contributed by atoms with Crippen LogP contribution in [-0.2, 0) is 0 Å². The summed E-state index contributed by atoms with van der Waals surface area (Å²) >= 11 is 0. The molecule has 0 saturated heterocycles. The Morgan fingerprint density at radius 2 is 0.710 bits per heavy atom. The van der Waals surface area contributed by atoms with E-state index in [1.54, 1.807) is 24.3 Å². The SMILES string of the molecule is [C-]#[N+]c1ccc(-c2nc(-c3ccccc3)cc(-c3ccc(-c4cccc5c(-c6ccc(-c7cc(-c8ccccc8)nc(-c8ccc(C#N)cc8)n7)cc6)cccc45)cc3)n2)cc1. The zero-order valence-electron chi connectivity index (χ0n) is 33.3. The summed E-state index contributed by atoms with van der Waals surface area (Å²) < 4.78 is 0. The molecule has 0 spiro atoms. The van der Waals surface area contributed by atoms with Crippen LogP contribution in [0.15, 0.2) is 206 Å². The van der Waals surface area contributed by atoms with Gasteiger partial charge in [-0.2, -0.15) is 5.26 Å². The Labute approximate surface area is 359 Å². The Bertz CT molecular complexity index is 3090. The van der Waals surface area contributed by atoms with E-state index >= 15 is 0 Å². The molecule has 6 nitrogen and oxygen atoms in total. The van der Waals surface area contributed by atoms with Gasteiger partial charge in [-0.25, -0.2) is 24.8 Å². The van der Waals surface area contributed by atoms with Gasteiger partial charge in [0.05, 0.1) is 41.0 Å². The number of nitriles is 1. The summed E-state index contributed by atoms with van der Waals surface area (Å²) in [6.45, 7) is 7.37. The lowest BCUT2D eigenvalue weighted by Crippen LogP contribution is -1.96. The van der Waals surface area contributed by atoms with Crippen molar-refractivity contribution in [3.8, 4) is 96.1 Å². The summed E-state index contributed by atoms with van der Waals surface area (Å²) in [5, 5.41) is 11.7. The first-order valence-corrected chi connectivity index (χ1v) is 20.2. The molecule has 62 heavy (non-hydrogen) atoms. The number of nitrogens with zero attached hydrogens (tertiary/aromatic N) is 6. The number of rotatable bonds is 8. The lowest BCUT2D eigenvalue weighted by atomic mass is 9.92. The summed E-state index contributed by atoms with van der Waals surface area (Å²) in [6, 6.07) is 71.5. The van der Waals surface area contributed by atoms with Crippen molar-refractivity contribution in [3.63, 3.8) is 0 Å². The van der Waals surface area contributed by atoms with Gasteiger partial charge in [-0.15, -0.1) is 0 Å². The van der Waals surface area contributed by atoms with Gasteiger partial charge in [0, 0.05) is 33.4 Å². The molecule has 0 aliphatic rings. The predicted octanol–water partition coefficient (Wildman–Crippen LogP) is 14.2. The number of benzene rings is 8. The van der Waals surface area contributed by atoms with Crippen molar-refractivity contribution in [1.29, 1.82) is 5.26 Å². The van der Waals surface area contributed by atoms with Crippen LogP contribution >= 0.6 is 0 Å². The van der Waals surface area contributed by atoms with E-state index in [1.807, 2.05) is 72.8 Å². The smallest absolute Gasteiger partial charge is 0.187 e. The maximum Gasteiger partial charge on any atom is 0.187 e. The minimum atomic E-state index is 0.578. The van der Waals surface area contributed by atoms with Gasteiger partial charge in [0.15, 0.2) is 17.3 Å². The Balaban J connectivity index is 0.977. The number of hydrogen-bond acceptors (Lipinski definition) is 5. The van der Waals surface area contributed by atoms with Gasteiger partial charge in [0.1, 0.15) is 0 Å². The average Bonchev–Trinajstić information content (AvgIpc) is 3.36. The zero-order chi connectivity index (χ0) is 41.8. The second-order valence-corrected chi connectivity index (χ2v) is 14.9. The van der Waals surface area contributed by atoms with Crippen molar-refractivity contribution in [2.45, 2.75) is 0 Å². The standard InChI is InChI=1S/C56H34N6/c1-58-46-32-30-45(31-33-46)56-60-52(41-12-6-3-7-13-41)35-54(62-56)43-28-24-39(25-29-43)48-15-9-16-49-47(14-8-17-50(48)49)38-22-26-42(27-23-38)53-34-51(40-10-4-2-5-11-40)59-55(61-53)44-20-18-37(36-57)19-21-44/h2-35H. The summed E-state index contributed by atoms with van der Waals surface area (Å²) in [5.74, 6) is 1.21. The van der Waals surface area contributed by atoms with Gasteiger partial charge in [-0.05, 0) is 69.4 Å². The molecule has 10 aromatic rings. The predicted molar refractivity (Wildman–Crippen MR) is 250 cm³/mol. The van der Waals surface area contributed by atoms with Crippen LogP contribution in [0.3, 0.4) is 0 Å². The Morgan fingerprint density at radius 3 is 1.10 bits per heavy atom. The lowest BCUT2D eigenvalue weighted by molar-refractivity contribution is 1.18. The fourth-order valence-electron chi connectivity index (χ4n) is 7.80. The number of aromatic nitrogens is 4. The zero-order valence-corrected chi connectivity index (χ0v) is 33.3. The molecule has 288 valence electrons. The van der Waals surface area contributed by atoms with Crippen LogP contribution in [0.4, 0.5) is 5.69 Å². The Morgan fingerprint density at radius 1 is 0.355 bits per heavy atom. The molecule has 2 aromatic heterocycles. The highest BCUT2D eigenvalue weighted by Crippen LogP contribution is 2.37. The highest BCUT2D eigenvalue weighted by Gasteiger charge is 2.15. The van der Waals surface area contributed by atoms with Crippen LogP contribution in [0.25, 0.3) is 106 Å². The van der Waals surface area contributed by atoms with Crippen LogP contribution in [-0.4, -0.2) is 19.9 Å². The highest BCUT2D eigenvalue weighted by atomic mass is 14.9. The van der Waals surface area contributed by atoms with Gasteiger partial charge < -0.3 is 0 Å². The summed E-state index contributed by atoms with van der Waals surface area (Å²) in [7, 11) is 0. The molecule has 0 aliphatic carbocycles. The first kappa shape index (κ1) is 37.4. The molecule has 0 unspecified atom stereocenters. The monoisotopic (exact) mass is 790 g/mol. The van der Waals surface area contributed by atoms with Crippen LogP contribution < -0.4 is 0 Å². The van der Waals surface area contributed by atoms with Gasteiger partial charge in [-0.3, -0.25) is 0 Å². The fourth-order valence-corrected chi connectivity index (χ4v) is 7.80. The molecule has 0 saturated carbocycles. The molecule has 0 atom stereocenters. The molecule has 0 radical (unpaired) electrons. The molecule has 10 rings (SSSR count). The van der Waals surface area contributed by atoms with E-state index in [-0.39, 0.29) is 0 Å². The van der Waals surface area contributed by atoms with E-state index in [2.05, 4.69) is 120 Å². The normalized spacial score (nSPS) is 10.9. The third kappa shape index (κ3) is 7.48. The average molecular weight is 791 g/mol. The van der Waals surface area contributed by atoms with Crippen molar-refractivity contribution in [1.82, 2.24) is 19.9 Å². The highest BCUT2D eigenvalue weighted by molar-refractivity contribution is 6.04. The first-order chi connectivity index (χ1) is 30.6. The molecule has 0 fully saturated rings. The van der Waals surface area contributed by atoms with Gasteiger partial charge in [0.2, 0.25) is 0 Å². The molecule has 0 amide bonds. The van der Waals surface area contributed by atoms with Gasteiger partial charge >= 0.3 is 0 Å². The summed E-state index contributed by atoms with van der Waals surface area (Å²) in [6.07, 6.45) is 0. The van der Waals surface area contributed by atoms with E-state index < -0.39 is 0 Å². The number of fused-ring (bicyclic) bond motifs is 1. The van der Waals surface area contributed by atoms with Crippen LogP contribution in [0.1, 0.15) is 5.56 Å². The van der Waals surface area contributed by atoms with E-state index in [0.29, 0.717) is 22.9 Å². The topological polar surface area (TPSA) is 79.7 Å². The quantitative estimate of drug-likeness (QED) is 0.143. The minimum absolute atomic E-state index is 0.578. The Hall–Kier alpha value is -8.84. The van der Waals surface area contributed by atoms with E-state index in [0.717, 1.165) is 89.2 Å². The molecule has 0 N–H and O–H groups in total. The fraction of sp³-hybridized carbons (Fsp3) is 0. The molecular formula is C56H34N6. The van der Waals surface area contributed by atoms with Gasteiger partial charge in [0.25, 0.3) is 0 Å². The third-order valence-electron chi connectivity index (χ3n) is 11.0. The second-order valence-electron chi connectivity index (χ2n) is 14.9. The van der Waals surface area contributed by atoms with Crippen LogP contribution in [0.2, 0.25) is 0 Å². The van der Waals surface area contributed by atoms with Gasteiger partial charge in [-0.1, -0.05) is 170 Å². The maximum absolute atomic E-state index is 9.35. The molecule has 2 heterocycles. The molecule has 0 bridgehead atoms.